The van der Waals surface area contributed by atoms with E-state index in [1.807, 2.05) is 0 Å². The van der Waals surface area contributed by atoms with Crippen molar-refractivity contribution in [3.63, 3.8) is 0 Å². The van der Waals surface area contributed by atoms with Crippen LogP contribution in [0.5, 0.6) is 0 Å². The number of pyridine rings is 1. The number of hydrogen-bond donors (Lipinski definition) is 0. The number of amides is 2. The van der Waals surface area contributed by atoms with E-state index in [1.165, 1.54) is 6.20 Å². The van der Waals surface area contributed by atoms with Gasteiger partial charge in [-0.05, 0) is 24.3 Å². The number of imide groups is 1. The molecule has 1 aliphatic rings. The number of fused-ring (bicyclic) bond motifs is 1. The molecule has 1 aromatic carbocycles. The van der Waals surface area contributed by atoms with Gasteiger partial charge in [0.1, 0.15) is 5.82 Å². The molecule has 0 spiro atoms. The fourth-order valence-electron chi connectivity index (χ4n) is 1.90. The first-order chi connectivity index (χ1) is 8.68. The lowest BCUT2D eigenvalue weighted by atomic mass is 10.1. The molecule has 5 heteroatoms. The van der Waals surface area contributed by atoms with Crippen molar-refractivity contribution in [3.05, 3.63) is 58.7 Å². The van der Waals surface area contributed by atoms with Gasteiger partial charge in [0.05, 0.1) is 16.1 Å². The Morgan fingerprint density at radius 3 is 2.06 bits per heavy atom. The van der Waals surface area contributed by atoms with Crippen LogP contribution in [-0.2, 0) is 0 Å². The first-order valence-corrected chi connectivity index (χ1v) is 5.65. The maximum absolute atomic E-state index is 12.1. The largest absolute Gasteiger partial charge is 0.268 e. The van der Waals surface area contributed by atoms with Crippen LogP contribution in [0.1, 0.15) is 20.7 Å². The van der Waals surface area contributed by atoms with Crippen LogP contribution in [0.2, 0.25) is 5.02 Å². The molecule has 0 atom stereocenters. The summed E-state index contributed by atoms with van der Waals surface area (Å²) >= 11 is 5.73. The van der Waals surface area contributed by atoms with E-state index in [0.29, 0.717) is 16.1 Å². The Balaban J connectivity index is 2.09. The van der Waals surface area contributed by atoms with Crippen LogP contribution in [0.25, 0.3) is 0 Å². The molecule has 2 heterocycles. The predicted octanol–water partition coefficient (Wildman–Crippen LogP) is 2.54. The van der Waals surface area contributed by atoms with Crippen LogP contribution >= 0.6 is 11.6 Å². The summed E-state index contributed by atoms with van der Waals surface area (Å²) < 4.78 is 0. The average molecular weight is 259 g/mol. The number of benzene rings is 1. The normalized spacial score (nSPS) is 13.9. The van der Waals surface area contributed by atoms with Crippen molar-refractivity contribution in [2.75, 3.05) is 4.90 Å². The molecule has 4 nitrogen and oxygen atoms in total. The number of anilines is 1. The molecule has 0 N–H and O–H groups in total. The Labute approximate surface area is 108 Å². The lowest BCUT2D eigenvalue weighted by Gasteiger charge is -2.12. The highest BCUT2D eigenvalue weighted by Crippen LogP contribution is 2.27. The molecule has 0 unspecified atom stereocenters. The highest BCUT2D eigenvalue weighted by molar-refractivity contribution is 6.34. The second-order valence-electron chi connectivity index (χ2n) is 3.83. The van der Waals surface area contributed by atoms with Crippen LogP contribution in [0.3, 0.4) is 0 Å². The topological polar surface area (TPSA) is 50.3 Å². The zero-order chi connectivity index (χ0) is 12.7. The second-order valence-corrected chi connectivity index (χ2v) is 4.26. The third-order valence-corrected chi connectivity index (χ3v) is 2.96. The molecular weight excluding hydrogens is 252 g/mol. The maximum Gasteiger partial charge on any atom is 0.267 e. The molecule has 0 fully saturated rings. The summed E-state index contributed by atoms with van der Waals surface area (Å²) in [6.45, 7) is 0. The maximum atomic E-state index is 12.1. The van der Waals surface area contributed by atoms with Crippen molar-refractivity contribution >= 4 is 29.2 Å². The van der Waals surface area contributed by atoms with Crippen molar-refractivity contribution in [1.82, 2.24) is 4.98 Å². The summed E-state index contributed by atoms with van der Waals surface area (Å²) in [6, 6.07) is 9.85. The van der Waals surface area contributed by atoms with Gasteiger partial charge in [-0.15, -0.1) is 0 Å². The summed E-state index contributed by atoms with van der Waals surface area (Å²) in [5.74, 6) is -0.429. The minimum atomic E-state index is -0.356. The summed E-state index contributed by atoms with van der Waals surface area (Å²) in [6.07, 6.45) is 1.40. The molecule has 0 saturated carbocycles. The van der Waals surface area contributed by atoms with Crippen LogP contribution < -0.4 is 4.90 Å². The van der Waals surface area contributed by atoms with Gasteiger partial charge in [0.15, 0.2) is 0 Å². The SMILES string of the molecule is O=C1c2ccccc2C(=O)N1c1ccc(Cl)cn1. The van der Waals surface area contributed by atoms with Crippen molar-refractivity contribution in [2.24, 2.45) is 0 Å². The van der Waals surface area contributed by atoms with Crippen LogP contribution in [0.4, 0.5) is 5.82 Å². The van der Waals surface area contributed by atoms with E-state index < -0.39 is 0 Å². The van der Waals surface area contributed by atoms with Gasteiger partial charge in [0.25, 0.3) is 11.8 Å². The molecule has 0 bridgehead atoms. The Kier molecular flexibility index (Phi) is 2.38. The molecular formula is C13H7ClN2O2. The van der Waals surface area contributed by atoms with E-state index in [-0.39, 0.29) is 17.6 Å². The van der Waals surface area contributed by atoms with E-state index in [4.69, 9.17) is 11.6 Å². The molecule has 0 saturated heterocycles. The van der Waals surface area contributed by atoms with E-state index in [9.17, 15) is 9.59 Å². The summed E-state index contributed by atoms with van der Waals surface area (Å²) in [4.78, 5) is 29.3. The lowest BCUT2D eigenvalue weighted by Crippen LogP contribution is -2.30. The van der Waals surface area contributed by atoms with Crippen LogP contribution in [0.15, 0.2) is 42.6 Å². The molecule has 18 heavy (non-hydrogen) atoms. The fourth-order valence-corrected chi connectivity index (χ4v) is 2.01. The Hall–Kier alpha value is -2.20. The molecule has 2 amide bonds. The number of rotatable bonds is 1. The number of carbonyl (C=O) groups excluding carboxylic acids is 2. The van der Waals surface area contributed by atoms with Gasteiger partial charge in [0, 0.05) is 6.20 Å². The zero-order valence-electron chi connectivity index (χ0n) is 9.13. The Bertz CT molecular complexity index is 617. The van der Waals surface area contributed by atoms with Gasteiger partial charge < -0.3 is 0 Å². The van der Waals surface area contributed by atoms with Crippen LogP contribution in [0, 0.1) is 0 Å². The molecule has 88 valence electrons. The second kappa shape index (κ2) is 3.92. The zero-order valence-corrected chi connectivity index (χ0v) is 9.89. The van der Waals surface area contributed by atoms with Crippen molar-refractivity contribution in [2.45, 2.75) is 0 Å². The minimum absolute atomic E-state index is 0.283. The number of carbonyl (C=O) groups is 2. The summed E-state index contributed by atoms with van der Waals surface area (Å²) in [5.41, 5.74) is 0.804. The molecule has 0 aliphatic carbocycles. The Morgan fingerprint density at radius 1 is 0.944 bits per heavy atom. The van der Waals surface area contributed by atoms with Gasteiger partial charge in [-0.2, -0.15) is 0 Å². The average Bonchev–Trinajstić information content (AvgIpc) is 2.64. The first-order valence-electron chi connectivity index (χ1n) is 5.28. The lowest BCUT2D eigenvalue weighted by molar-refractivity contribution is 0.0925. The highest BCUT2D eigenvalue weighted by Gasteiger charge is 2.36. The summed E-state index contributed by atoms with van der Waals surface area (Å²) in [5, 5.41) is 0.454. The number of hydrogen-bond acceptors (Lipinski definition) is 3. The summed E-state index contributed by atoms with van der Waals surface area (Å²) in [7, 11) is 0. The molecule has 0 radical (unpaired) electrons. The molecule has 2 aromatic rings. The van der Waals surface area contributed by atoms with Crippen LogP contribution in [-0.4, -0.2) is 16.8 Å². The third kappa shape index (κ3) is 1.50. The van der Waals surface area contributed by atoms with Crippen molar-refractivity contribution in [3.8, 4) is 0 Å². The van der Waals surface area contributed by atoms with Gasteiger partial charge in [0.2, 0.25) is 0 Å². The molecule has 3 rings (SSSR count). The smallest absolute Gasteiger partial charge is 0.267 e. The van der Waals surface area contributed by atoms with Gasteiger partial charge in [-0.3, -0.25) is 9.59 Å². The first kappa shape index (κ1) is 10.9. The Morgan fingerprint density at radius 2 is 1.56 bits per heavy atom. The number of nitrogens with zero attached hydrogens (tertiary/aromatic N) is 2. The number of aromatic nitrogens is 1. The molecule has 1 aliphatic heterocycles. The van der Waals surface area contributed by atoms with Gasteiger partial charge in [-0.1, -0.05) is 23.7 Å². The van der Waals surface area contributed by atoms with Gasteiger partial charge in [-0.25, -0.2) is 9.88 Å². The monoisotopic (exact) mass is 258 g/mol. The van der Waals surface area contributed by atoms with Crippen molar-refractivity contribution in [1.29, 1.82) is 0 Å². The minimum Gasteiger partial charge on any atom is -0.268 e. The molecule has 1 aromatic heterocycles. The highest BCUT2D eigenvalue weighted by atomic mass is 35.5. The van der Waals surface area contributed by atoms with E-state index in [0.717, 1.165) is 4.90 Å². The van der Waals surface area contributed by atoms with E-state index >= 15 is 0 Å². The van der Waals surface area contributed by atoms with Crippen molar-refractivity contribution < 1.29 is 9.59 Å². The van der Waals surface area contributed by atoms with Gasteiger partial charge >= 0.3 is 0 Å². The quantitative estimate of drug-likeness (QED) is 0.739. The predicted molar refractivity (Wildman–Crippen MR) is 66.8 cm³/mol. The van der Waals surface area contributed by atoms with E-state index in [2.05, 4.69) is 4.98 Å². The third-order valence-electron chi connectivity index (χ3n) is 2.73. The standard InChI is InChI=1S/C13H7ClN2O2/c14-8-5-6-11(15-7-8)16-12(17)9-3-1-2-4-10(9)13(16)18/h1-7H. The number of halogens is 1. The van der Waals surface area contributed by atoms with E-state index in [1.54, 1.807) is 36.4 Å². The fraction of sp³-hybridized carbons (Fsp3) is 0.